The van der Waals surface area contributed by atoms with Crippen molar-refractivity contribution in [3.63, 3.8) is 0 Å². The van der Waals surface area contributed by atoms with Crippen LogP contribution in [0.4, 0.5) is 0 Å². The molecule has 0 unspecified atom stereocenters. The van der Waals surface area contributed by atoms with Gasteiger partial charge in [0.1, 0.15) is 5.76 Å². The summed E-state index contributed by atoms with van der Waals surface area (Å²) in [7, 11) is 0. The van der Waals surface area contributed by atoms with Gasteiger partial charge in [0.2, 0.25) is 0 Å². The van der Waals surface area contributed by atoms with Gasteiger partial charge in [-0.1, -0.05) is 45.6 Å². The van der Waals surface area contributed by atoms with Crippen molar-refractivity contribution in [2.75, 3.05) is 5.88 Å². The Bertz CT molecular complexity index is 165. The zero-order valence-electron chi connectivity index (χ0n) is 9.45. The molecule has 0 bridgehead atoms. The number of nitrogens with two attached hydrogens (primary N) is 1. The summed E-state index contributed by atoms with van der Waals surface area (Å²) in [5.41, 5.74) is 5.70. The van der Waals surface area contributed by atoms with E-state index in [0.717, 1.165) is 12.0 Å². The maximum absolute atomic E-state index is 8.57. The van der Waals surface area contributed by atoms with E-state index in [1.54, 1.807) is 6.08 Å². The molecule has 14 heavy (non-hydrogen) atoms. The van der Waals surface area contributed by atoms with Crippen LogP contribution in [-0.2, 0) is 0 Å². The predicted octanol–water partition coefficient (Wildman–Crippen LogP) is 3.44. The van der Waals surface area contributed by atoms with Gasteiger partial charge >= 0.3 is 0 Å². The first-order valence-corrected chi connectivity index (χ1v) is 5.26. The summed E-state index contributed by atoms with van der Waals surface area (Å²) in [6.07, 6.45) is 4.19. The number of aliphatic hydroxyl groups excluding tert-OH is 1. The molecule has 0 spiro atoms. The molecule has 0 aromatic rings. The van der Waals surface area contributed by atoms with E-state index in [0.29, 0.717) is 5.88 Å². The normalized spacial score (nSPS) is 8.07. The van der Waals surface area contributed by atoms with Crippen LogP contribution >= 0.6 is 12.6 Å². The number of aliphatic hydroxyl groups is 1. The van der Waals surface area contributed by atoms with Gasteiger partial charge in [-0.05, 0) is 12.5 Å². The SMILES string of the molecule is C=C(O)/C=C\C(=C)CC.CC.NCS. The minimum absolute atomic E-state index is 0.0737. The van der Waals surface area contributed by atoms with Crippen molar-refractivity contribution in [3.05, 3.63) is 36.6 Å². The summed E-state index contributed by atoms with van der Waals surface area (Å²) >= 11 is 3.57. The Balaban J connectivity index is -0.000000205. The average Bonchev–Trinajstić information content (AvgIpc) is 2.18. The van der Waals surface area contributed by atoms with Crippen LogP contribution in [0.15, 0.2) is 36.6 Å². The summed E-state index contributed by atoms with van der Waals surface area (Å²) in [5, 5.41) is 8.57. The van der Waals surface area contributed by atoms with Gasteiger partial charge in [0, 0.05) is 5.88 Å². The van der Waals surface area contributed by atoms with Crippen molar-refractivity contribution in [3.8, 4) is 0 Å². The molecule has 0 saturated carbocycles. The molecule has 0 fully saturated rings. The van der Waals surface area contributed by atoms with Crippen molar-refractivity contribution < 1.29 is 5.11 Å². The Morgan fingerprint density at radius 1 is 1.36 bits per heavy atom. The lowest BCUT2D eigenvalue weighted by Crippen LogP contribution is -1.83. The van der Waals surface area contributed by atoms with E-state index in [9.17, 15) is 0 Å². The van der Waals surface area contributed by atoms with Crippen molar-refractivity contribution in [1.82, 2.24) is 0 Å². The largest absolute Gasteiger partial charge is 0.509 e. The lowest BCUT2D eigenvalue weighted by Gasteiger charge is -1.89. The molecule has 84 valence electrons. The third-order valence-electron chi connectivity index (χ3n) is 0.966. The second-order valence-corrected chi connectivity index (χ2v) is 2.38. The standard InChI is InChI=1S/C8H12O.C2H6.CH5NS/c1-4-7(2)5-6-8(3)9;1-2;2-1-3/h5-6,9H,2-4H2,1H3;1-2H3;3H,1-2H2/b6-5-;;. The molecule has 0 saturated heterocycles. The molecule has 0 radical (unpaired) electrons. The number of hydrogen-bond acceptors (Lipinski definition) is 3. The van der Waals surface area contributed by atoms with Gasteiger partial charge in [-0.25, -0.2) is 0 Å². The molecule has 0 rings (SSSR count). The highest BCUT2D eigenvalue weighted by atomic mass is 32.1. The number of thiol groups is 1. The highest BCUT2D eigenvalue weighted by Crippen LogP contribution is 1.99. The molecule has 0 aromatic carbocycles. The van der Waals surface area contributed by atoms with Gasteiger partial charge in [-0.3, -0.25) is 0 Å². The molecule has 0 atom stereocenters. The predicted molar refractivity (Wildman–Crippen MR) is 69.7 cm³/mol. The quantitative estimate of drug-likeness (QED) is 0.293. The summed E-state index contributed by atoms with van der Waals surface area (Å²) in [5.74, 6) is 0.518. The van der Waals surface area contributed by atoms with E-state index in [1.807, 2.05) is 20.8 Å². The molecule has 0 aromatic heterocycles. The Labute approximate surface area is 93.6 Å². The molecule has 3 N–H and O–H groups in total. The first-order chi connectivity index (χ1) is 6.58. The van der Waals surface area contributed by atoms with Gasteiger partial charge in [0.15, 0.2) is 0 Å². The number of allylic oxidation sites excluding steroid dienone is 3. The van der Waals surface area contributed by atoms with Gasteiger partial charge in [-0.2, -0.15) is 12.6 Å². The van der Waals surface area contributed by atoms with Gasteiger partial charge in [0.05, 0.1) is 0 Å². The molecule has 0 heterocycles. The summed E-state index contributed by atoms with van der Waals surface area (Å²) in [6, 6.07) is 0. The molecule has 3 heteroatoms. The Morgan fingerprint density at radius 3 is 1.93 bits per heavy atom. The van der Waals surface area contributed by atoms with Crippen molar-refractivity contribution in [2.45, 2.75) is 27.2 Å². The minimum atomic E-state index is 0.0737. The molecular weight excluding hydrogens is 194 g/mol. The highest BCUT2D eigenvalue weighted by Gasteiger charge is 1.80. The van der Waals surface area contributed by atoms with Crippen LogP contribution in [0.3, 0.4) is 0 Å². The smallest absolute Gasteiger partial charge is 0.108 e. The van der Waals surface area contributed by atoms with Crippen molar-refractivity contribution in [1.29, 1.82) is 0 Å². The van der Waals surface area contributed by atoms with Crippen LogP contribution < -0.4 is 5.73 Å². The first kappa shape index (κ1) is 19.0. The molecule has 0 aliphatic rings. The van der Waals surface area contributed by atoms with E-state index < -0.39 is 0 Å². The lowest BCUT2D eigenvalue weighted by atomic mass is 10.2. The maximum Gasteiger partial charge on any atom is 0.108 e. The van der Waals surface area contributed by atoms with E-state index in [4.69, 9.17) is 10.8 Å². The fraction of sp³-hybridized carbons (Fsp3) is 0.455. The topological polar surface area (TPSA) is 46.2 Å². The monoisotopic (exact) mass is 217 g/mol. The Morgan fingerprint density at radius 2 is 1.71 bits per heavy atom. The Kier molecular flexibility index (Phi) is 24.7. The summed E-state index contributed by atoms with van der Waals surface area (Å²) in [4.78, 5) is 0. The zero-order chi connectivity index (χ0) is 12.0. The van der Waals surface area contributed by atoms with Crippen LogP contribution in [0.5, 0.6) is 0 Å². The zero-order valence-corrected chi connectivity index (χ0v) is 10.3. The number of hydrogen-bond donors (Lipinski definition) is 3. The van der Waals surface area contributed by atoms with Crippen LogP contribution in [0.25, 0.3) is 0 Å². The van der Waals surface area contributed by atoms with Crippen LogP contribution in [0, 0.1) is 0 Å². The van der Waals surface area contributed by atoms with Crippen molar-refractivity contribution >= 4 is 12.6 Å². The highest BCUT2D eigenvalue weighted by molar-refractivity contribution is 7.80. The van der Waals surface area contributed by atoms with Gasteiger partial charge in [0.25, 0.3) is 0 Å². The molecular formula is C11H23NOS. The van der Waals surface area contributed by atoms with Crippen LogP contribution in [-0.4, -0.2) is 11.0 Å². The van der Waals surface area contributed by atoms with E-state index >= 15 is 0 Å². The second-order valence-electron chi connectivity index (χ2n) is 2.02. The molecule has 2 nitrogen and oxygen atoms in total. The second kappa shape index (κ2) is 18.2. The summed E-state index contributed by atoms with van der Waals surface area (Å²) in [6.45, 7) is 13.0. The van der Waals surface area contributed by atoms with Crippen molar-refractivity contribution in [2.24, 2.45) is 5.73 Å². The van der Waals surface area contributed by atoms with E-state index in [1.165, 1.54) is 6.08 Å². The summed E-state index contributed by atoms with van der Waals surface area (Å²) < 4.78 is 0. The van der Waals surface area contributed by atoms with Gasteiger partial charge in [-0.15, -0.1) is 0 Å². The minimum Gasteiger partial charge on any atom is -0.509 e. The third-order valence-corrected chi connectivity index (χ3v) is 0.966. The maximum atomic E-state index is 8.57. The van der Waals surface area contributed by atoms with Gasteiger partial charge < -0.3 is 10.8 Å². The first-order valence-electron chi connectivity index (χ1n) is 4.63. The average molecular weight is 217 g/mol. The lowest BCUT2D eigenvalue weighted by molar-refractivity contribution is 0.435. The molecule has 0 aliphatic heterocycles. The Hall–Kier alpha value is -0.670. The van der Waals surface area contributed by atoms with Crippen LogP contribution in [0.2, 0.25) is 0 Å². The molecule has 0 aliphatic carbocycles. The third kappa shape index (κ3) is 30.2. The fourth-order valence-corrected chi connectivity index (χ4v) is 0.332. The van der Waals surface area contributed by atoms with E-state index in [-0.39, 0.29) is 5.76 Å². The molecule has 0 amide bonds. The van der Waals surface area contributed by atoms with Crippen LogP contribution in [0.1, 0.15) is 27.2 Å². The van der Waals surface area contributed by atoms with E-state index in [2.05, 4.69) is 25.8 Å². The number of rotatable bonds is 3. The fourth-order valence-electron chi connectivity index (χ4n) is 0.332.